The van der Waals surface area contributed by atoms with Gasteiger partial charge in [-0.05, 0) is 30.3 Å². The summed E-state index contributed by atoms with van der Waals surface area (Å²) >= 11 is 9.10. The molecule has 100 valence electrons. The fourth-order valence-corrected chi connectivity index (χ4v) is 2.28. The van der Waals surface area contributed by atoms with E-state index < -0.39 is 5.82 Å². The maximum absolute atomic E-state index is 13.9. The van der Waals surface area contributed by atoms with Gasteiger partial charge in [-0.15, -0.1) is 0 Å². The Morgan fingerprint density at radius 1 is 1.15 bits per heavy atom. The summed E-state index contributed by atoms with van der Waals surface area (Å²) in [6.45, 7) is 0. The second-order valence-corrected chi connectivity index (χ2v) is 5.32. The van der Waals surface area contributed by atoms with Gasteiger partial charge in [0.1, 0.15) is 6.33 Å². The molecule has 1 heterocycles. The fraction of sp³-hybridized carbons (Fsp3) is 0. The Labute approximate surface area is 127 Å². The highest BCUT2D eigenvalue weighted by Gasteiger charge is 2.12. The van der Waals surface area contributed by atoms with Crippen molar-refractivity contribution < 1.29 is 9.13 Å². The van der Waals surface area contributed by atoms with Crippen molar-refractivity contribution in [2.75, 3.05) is 0 Å². The topological polar surface area (TPSA) is 35.0 Å². The van der Waals surface area contributed by atoms with E-state index in [1.165, 1.54) is 18.5 Å². The van der Waals surface area contributed by atoms with Gasteiger partial charge in [0.05, 0.1) is 15.9 Å². The van der Waals surface area contributed by atoms with E-state index in [0.29, 0.717) is 10.9 Å². The predicted octanol–water partition coefficient (Wildman–Crippen LogP) is 4.98. The van der Waals surface area contributed by atoms with Crippen LogP contribution in [0.4, 0.5) is 4.39 Å². The molecule has 0 amide bonds. The second-order valence-electron chi connectivity index (χ2n) is 3.99. The van der Waals surface area contributed by atoms with E-state index >= 15 is 0 Å². The van der Waals surface area contributed by atoms with Crippen molar-refractivity contribution in [2.24, 2.45) is 0 Å². The van der Waals surface area contributed by atoms with Crippen LogP contribution in [0.2, 0.25) is 5.02 Å². The summed E-state index contributed by atoms with van der Waals surface area (Å²) in [5.41, 5.74) is 0.709. The minimum absolute atomic E-state index is 0.00189. The lowest BCUT2D eigenvalue weighted by Crippen LogP contribution is -1.94. The lowest BCUT2D eigenvalue weighted by atomic mass is 10.2. The Morgan fingerprint density at radius 3 is 2.85 bits per heavy atom. The number of hydrogen-bond donors (Lipinski definition) is 0. The number of ether oxygens (including phenoxy) is 1. The first-order valence-electron chi connectivity index (χ1n) is 5.67. The minimum atomic E-state index is -0.615. The molecule has 3 nitrogen and oxygen atoms in total. The highest BCUT2D eigenvalue weighted by molar-refractivity contribution is 9.10. The van der Waals surface area contributed by atoms with Gasteiger partial charge in [-0.2, -0.15) is 0 Å². The van der Waals surface area contributed by atoms with Crippen molar-refractivity contribution in [2.45, 2.75) is 0 Å². The first-order valence-corrected chi connectivity index (χ1v) is 6.84. The number of benzene rings is 2. The lowest BCUT2D eigenvalue weighted by molar-refractivity contribution is 0.432. The molecule has 0 N–H and O–H groups in total. The van der Waals surface area contributed by atoms with Crippen LogP contribution in [0.1, 0.15) is 0 Å². The Hall–Kier alpha value is -1.72. The SMILES string of the molecule is Fc1c(Cl)cccc1Oc1ncnc2ccc(Br)cc12. The van der Waals surface area contributed by atoms with Crippen LogP contribution in [0.3, 0.4) is 0 Å². The van der Waals surface area contributed by atoms with E-state index in [2.05, 4.69) is 25.9 Å². The number of aromatic nitrogens is 2. The summed E-state index contributed by atoms with van der Waals surface area (Å²) in [6.07, 6.45) is 1.37. The molecular weight excluding hydrogens is 347 g/mol. The summed E-state index contributed by atoms with van der Waals surface area (Å²) in [5, 5.41) is 0.684. The van der Waals surface area contributed by atoms with Crippen molar-refractivity contribution in [3.8, 4) is 11.6 Å². The van der Waals surface area contributed by atoms with Crippen LogP contribution < -0.4 is 4.74 Å². The molecule has 0 bridgehead atoms. The third-order valence-electron chi connectivity index (χ3n) is 2.68. The van der Waals surface area contributed by atoms with Crippen LogP contribution in [0.15, 0.2) is 47.2 Å². The third-order valence-corrected chi connectivity index (χ3v) is 3.47. The van der Waals surface area contributed by atoms with E-state index in [4.69, 9.17) is 16.3 Å². The molecule has 0 aliphatic carbocycles. The Bertz CT molecular complexity index is 797. The predicted molar refractivity (Wildman–Crippen MR) is 78.7 cm³/mol. The van der Waals surface area contributed by atoms with E-state index in [0.717, 1.165) is 4.47 Å². The number of hydrogen-bond acceptors (Lipinski definition) is 3. The largest absolute Gasteiger partial charge is 0.435 e. The zero-order chi connectivity index (χ0) is 14.1. The van der Waals surface area contributed by atoms with Crippen LogP contribution in [-0.4, -0.2) is 9.97 Å². The van der Waals surface area contributed by atoms with E-state index in [1.54, 1.807) is 6.07 Å². The van der Waals surface area contributed by atoms with Gasteiger partial charge in [0.25, 0.3) is 0 Å². The molecule has 0 saturated heterocycles. The fourth-order valence-electron chi connectivity index (χ4n) is 1.75. The zero-order valence-electron chi connectivity index (χ0n) is 9.98. The summed E-state index contributed by atoms with van der Waals surface area (Å²) < 4.78 is 20.2. The normalized spacial score (nSPS) is 10.8. The first-order chi connectivity index (χ1) is 9.65. The Balaban J connectivity index is 2.11. The average Bonchev–Trinajstić information content (AvgIpc) is 2.44. The second kappa shape index (κ2) is 5.34. The van der Waals surface area contributed by atoms with Crippen molar-refractivity contribution in [3.63, 3.8) is 0 Å². The summed E-state index contributed by atoms with van der Waals surface area (Å²) in [4.78, 5) is 8.18. The molecule has 0 unspecified atom stereocenters. The molecule has 0 saturated carbocycles. The Morgan fingerprint density at radius 2 is 2.00 bits per heavy atom. The van der Waals surface area contributed by atoms with E-state index in [-0.39, 0.29) is 16.7 Å². The Kier molecular flexibility index (Phi) is 3.54. The van der Waals surface area contributed by atoms with Gasteiger partial charge < -0.3 is 4.74 Å². The lowest BCUT2D eigenvalue weighted by Gasteiger charge is -2.08. The number of nitrogens with zero attached hydrogens (tertiary/aromatic N) is 2. The number of fused-ring (bicyclic) bond motifs is 1. The average molecular weight is 354 g/mol. The third kappa shape index (κ3) is 2.46. The van der Waals surface area contributed by atoms with Gasteiger partial charge in [0.15, 0.2) is 11.6 Å². The summed E-state index contributed by atoms with van der Waals surface area (Å²) in [7, 11) is 0. The van der Waals surface area contributed by atoms with Crippen molar-refractivity contribution in [1.29, 1.82) is 0 Å². The van der Waals surface area contributed by atoms with Crippen LogP contribution in [0.5, 0.6) is 11.6 Å². The van der Waals surface area contributed by atoms with Crippen LogP contribution in [-0.2, 0) is 0 Å². The molecule has 6 heteroatoms. The van der Waals surface area contributed by atoms with Gasteiger partial charge in [0.2, 0.25) is 5.88 Å². The maximum Gasteiger partial charge on any atom is 0.230 e. The van der Waals surface area contributed by atoms with E-state index in [1.807, 2.05) is 18.2 Å². The molecule has 2 aromatic carbocycles. The molecule has 0 radical (unpaired) electrons. The molecule has 20 heavy (non-hydrogen) atoms. The smallest absolute Gasteiger partial charge is 0.230 e. The van der Waals surface area contributed by atoms with Gasteiger partial charge in [0, 0.05) is 4.47 Å². The molecule has 0 atom stereocenters. The van der Waals surface area contributed by atoms with Gasteiger partial charge in [-0.3, -0.25) is 0 Å². The monoisotopic (exact) mass is 352 g/mol. The quantitative estimate of drug-likeness (QED) is 0.652. The molecule has 3 aromatic rings. The molecule has 0 fully saturated rings. The molecule has 0 aliphatic rings. The van der Waals surface area contributed by atoms with Crippen molar-refractivity contribution in [1.82, 2.24) is 9.97 Å². The summed E-state index contributed by atoms with van der Waals surface area (Å²) in [5.74, 6) is -0.314. The van der Waals surface area contributed by atoms with Gasteiger partial charge >= 0.3 is 0 Å². The van der Waals surface area contributed by atoms with Crippen LogP contribution in [0.25, 0.3) is 10.9 Å². The van der Waals surface area contributed by atoms with Crippen LogP contribution in [0, 0.1) is 5.82 Å². The molecule has 3 rings (SSSR count). The molecular formula is C14H7BrClFN2O. The molecule has 0 aliphatic heterocycles. The number of rotatable bonds is 2. The van der Waals surface area contributed by atoms with Gasteiger partial charge in [-0.1, -0.05) is 33.6 Å². The van der Waals surface area contributed by atoms with Gasteiger partial charge in [-0.25, -0.2) is 14.4 Å². The maximum atomic E-state index is 13.9. The van der Waals surface area contributed by atoms with Crippen LogP contribution >= 0.6 is 27.5 Å². The summed E-state index contributed by atoms with van der Waals surface area (Å²) in [6, 6.07) is 10.1. The highest BCUT2D eigenvalue weighted by Crippen LogP contribution is 2.32. The zero-order valence-corrected chi connectivity index (χ0v) is 12.3. The van der Waals surface area contributed by atoms with Crippen molar-refractivity contribution in [3.05, 3.63) is 58.0 Å². The van der Waals surface area contributed by atoms with E-state index in [9.17, 15) is 4.39 Å². The highest BCUT2D eigenvalue weighted by atomic mass is 79.9. The first kappa shape index (κ1) is 13.3. The number of halogens is 3. The van der Waals surface area contributed by atoms with Crippen molar-refractivity contribution >= 4 is 38.4 Å². The molecule has 1 aromatic heterocycles. The molecule has 0 spiro atoms. The standard InChI is InChI=1S/C14H7BrClFN2O/c15-8-4-5-11-9(6-8)14(19-7-18-11)20-12-3-1-2-10(16)13(12)17/h1-7H. The minimum Gasteiger partial charge on any atom is -0.435 e.